The largest absolute Gasteiger partial charge is 0.435 e. The lowest BCUT2D eigenvalue weighted by atomic mass is 10.1. The van der Waals surface area contributed by atoms with Crippen LogP contribution in [-0.4, -0.2) is 39.2 Å². The molecule has 108 valence electrons. The molecule has 2 rings (SSSR count). The minimum absolute atomic E-state index is 0.0422. The molecule has 0 aromatic carbocycles. The third-order valence-corrected chi connectivity index (χ3v) is 2.92. The summed E-state index contributed by atoms with van der Waals surface area (Å²) >= 11 is 0. The van der Waals surface area contributed by atoms with Gasteiger partial charge in [0.25, 0.3) is 5.91 Å². The fraction of sp³-hybridized carbons (Fsp3) is 0.455. The van der Waals surface area contributed by atoms with Crippen LogP contribution in [0.3, 0.4) is 0 Å². The predicted molar refractivity (Wildman–Crippen MR) is 61.9 cm³/mol. The first-order valence-corrected chi connectivity index (χ1v) is 5.63. The quantitative estimate of drug-likeness (QED) is 0.728. The number of carbonyl (C=O) groups excluding carboxylic acids is 2. The second-order valence-electron chi connectivity index (χ2n) is 4.43. The maximum Gasteiger partial charge on any atom is 0.435 e. The van der Waals surface area contributed by atoms with Crippen molar-refractivity contribution in [2.45, 2.75) is 26.1 Å². The molecule has 9 heteroatoms. The van der Waals surface area contributed by atoms with Gasteiger partial charge in [-0.3, -0.25) is 9.59 Å². The van der Waals surface area contributed by atoms with Gasteiger partial charge in [-0.25, -0.2) is 9.69 Å². The minimum Gasteiger partial charge on any atom is -0.290 e. The SMILES string of the molecule is CC1=NN(C)C(=O)C(n2nc(C(F)(F)F)cc2C)C1=O. The Balaban J connectivity index is 2.51. The number of amides is 1. The van der Waals surface area contributed by atoms with Gasteiger partial charge in [0, 0.05) is 12.7 Å². The van der Waals surface area contributed by atoms with E-state index in [0.717, 1.165) is 15.8 Å². The fourth-order valence-electron chi connectivity index (χ4n) is 1.91. The molecule has 1 aliphatic heterocycles. The molecule has 1 aromatic heterocycles. The van der Waals surface area contributed by atoms with E-state index < -0.39 is 29.6 Å². The van der Waals surface area contributed by atoms with Crippen LogP contribution < -0.4 is 0 Å². The Morgan fingerprint density at radius 2 is 1.85 bits per heavy atom. The van der Waals surface area contributed by atoms with Crippen molar-refractivity contribution >= 4 is 17.4 Å². The monoisotopic (exact) mass is 288 g/mol. The number of rotatable bonds is 1. The summed E-state index contributed by atoms with van der Waals surface area (Å²) in [6, 6.07) is -0.643. The van der Waals surface area contributed by atoms with Crippen LogP contribution in [0.15, 0.2) is 11.2 Å². The molecule has 1 amide bonds. The van der Waals surface area contributed by atoms with E-state index in [0.29, 0.717) is 0 Å². The molecule has 1 atom stereocenters. The Morgan fingerprint density at radius 3 is 2.35 bits per heavy atom. The zero-order valence-corrected chi connectivity index (χ0v) is 10.9. The molecule has 1 aromatic rings. The normalized spacial score (nSPS) is 20.4. The van der Waals surface area contributed by atoms with E-state index in [1.807, 2.05) is 0 Å². The average Bonchev–Trinajstić information content (AvgIpc) is 2.69. The third-order valence-electron chi connectivity index (χ3n) is 2.92. The zero-order valence-electron chi connectivity index (χ0n) is 10.9. The number of Topliss-reactive ketones (excluding diaryl/α,β-unsaturated/α-hetero) is 1. The summed E-state index contributed by atoms with van der Waals surface area (Å²) in [5.41, 5.74) is -1.02. The van der Waals surface area contributed by atoms with Crippen molar-refractivity contribution in [1.29, 1.82) is 0 Å². The smallest absolute Gasteiger partial charge is 0.290 e. The summed E-state index contributed by atoms with van der Waals surface area (Å²) in [5, 5.41) is 7.96. The van der Waals surface area contributed by atoms with Crippen LogP contribution >= 0.6 is 0 Å². The van der Waals surface area contributed by atoms with Crippen molar-refractivity contribution in [3.05, 3.63) is 17.5 Å². The van der Waals surface area contributed by atoms with Gasteiger partial charge in [0.1, 0.15) is 5.71 Å². The maximum absolute atomic E-state index is 12.6. The van der Waals surface area contributed by atoms with Crippen molar-refractivity contribution < 1.29 is 22.8 Å². The molecule has 0 saturated carbocycles. The number of aromatic nitrogens is 2. The molecule has 1 aliphatic rings. The highest BCUT2D eigenvalue weighted by atomic mass is 19.4. The van der Waals surface area contributed by atoms with Crippen LogP contribution in [0.5, 0.6) is 0 Å². The van der Waals surface area contributed by atoms with Crippen molar-refractivity contribution in [2.24, 2.45) is 5.10 Å². The third kappa shape index (κ3) is 2.19. The van der Waals surface area contributed by atoms with E-state index >= 15 is 0 Å². The van der Waals surface area contributed by atoms with Gasteiger partial charge in [-0.05, 0) is 19.9 Å². The zero-order chi connectivity index (χ0) is 15.2. The lowest BCUT2D eigenvalue weighted by Crippen LogP contribution is -2.44. The molecule has 6 nitrogen and oxygen atoms in total. The average molecular weight is 288 g/mol. The second-order valence-corrected chi connectivity index (χ2v) is 4.43. The molecule has 2 heterocycles. The van der Waals surface area contributed by atoms with E-state index in [2.05, 4.69) is 10.2 Å². The molecular weight excluding hydrogens is 277 g/mol. The number of hydrazone groups is 1. The van der Waals surface area contributed by atoms with Crippen LogP contribution in [0.2, 0.25) is 0 Å². The number of halogens is 3. The van der Waals surface area contributed by atoms with Gasteiger partial charge in [0.2, 0.25) is 5.78 Å². The van der Waals surface area contributed by atoms with E-state index in [1.165, 1.54) is 20.9 Å². The number of likely N-dealkylation sites (N-methyl/N-ethyl adjacent to an activating group) is 1. The van der Waals surface area contributed by atoms with E-state index in [-0.39, 0.29) is 11.4 Å². The van der Waals surface area contributed by atoms with Gasteiger partial charge in [0.15, 0.2) is 11.7 Å². The molecule has 1 unspecified atom stereocenters. The van der Waals surface area contributed by atoms with Gasteiger partial charge in [-0.1, -0.05) is 0 Å². The van der Waals surface area contributed by atoms with Gasteiger partial charge in [-0.15, -0.1) is 0 Å². The summed E-state index contributed by atoms with van der Waals surface area (Å²) in [4.78, 5) is 23.9. The van der Waals surface area contributed by atoms with Crippen LogP contribution in [0.1, 0.15) is 24.4 Å². The van der Waals surface area contributed by atoms with E-state index in [9.17, 15) is 22.8 Å². The first-order chi connectivity index (χ1) is 9.12. The number of alkyl halides is 3. The Labute approximate surface area is 111 Å². The van der Waals surface area contributed by atoms with Gasteiger partial charge in [-0.2, -0.15) is 23.4 Å². The number of hydrogen-bond donors (Lipinski definition) is 0. The van der Waals surface area contributed by atoms with E-state index in [4.69, 9.17) is 0 Å². The second kappa shape index (κ2) is 4.43. The predicted octanol–water partition coefficient (Wildman–Crippen LogP) is 1.17. The van der Waals surface area contributed by atoms with Crippen LogP contribution in [0.25, 0.3) is 0 Å². The lowest BCUT2D eigenvalue weighted by molar-refractivity contribution is -0.144. The van der Waals surface area contributed by atoms with Gasteiger partial charge in [0.05, 0.1) is 0 Å². The molecule has 0 fully saturated rings. The Bertz CT molecular complexity index is 618. The lowest BCUT2D eigenvalue weighted by Gasteiger charge is -2.25. The highest BCUT2D eigenvalue weighted by Gasteiger charge is 2.41. The van der Waals surface area contributed by atoms with Crippen molar-refractivity contribution in [3.63, 3.8) is 0 Å². The summed E-state index contributed by atoms with van der Waals surface area (Å²) in [6.45, 7) is 2.74. The standard InChI is InChI=1S/C11H11F3N4O2/c1-5-4-7(11(12,13)14)16-18(5)8-9(19)6(2)15-17(3)10(8)20/h4,8H,1-3H3. The Morgan fingerprint density at radius 1 is 1.25 bits per heavy atom. The molecule has 0 aliphatic carbocycles. The molecule has 0 N–H and O–H groups in total. The Kier molecular flexibility index (Phi) is 3.15. The first-order valence-electron chi connectivity index (χ1n) is 5.63. The van der Waals surface area contributed by atoms with Crippen LogP contribution in [0.4, 0.5) is 13.2 Å². The van der Waals surface area contributed by atoms with Crippen molar-refractivity contribution in [3.8, 4) is 0 Å². The highest BCUT2D eigenvalue weighted by molar-refractivity contribution is 6.44. The molecule has 0 bridgehead atoms. The van der Waals surface area contributed by atoms with Crippen molar-refractivity contribution in [2.75, 3.05) is 7.05 Å². The summed E-state index contributed by atoms with van der Waals surface area (Å²) < 4.78 is 38.6. The first kappa shape index (κ1) is 14.2. The van der Waals surface area contributed by atoms with E-state index in [1.54, 1.807) is 0 Å². The summed E-state index contributed by atoms with van der Waals surface area (Å²) in [5.74, 6) is -1.38. The number of aryl methyl sites for hydroxylation is 1. The number of ketones is 1. The number of carbonyl (C=O) groups is 2. The molecule has 0 radical (unpaired) electrons. The summed E-state index contributed by atoms with van der Waals surface area (Å²) in [7, 11) is 1.33. The molecule has 0 saturated heterocycles. The number of hydrogen-bond acceptors (Lipinski definition) is 4. The molecule has 0 spiro atoms. The van der Waals surface area contributed by atoms with Gasteiger partial charge >= 0.3 is 6.18 Å². The van der Waals surface area contributed by atoms with Gasteiger partial charge < -0.3 is 0 Å². The number of nitrogens with zero attached hydrogens (tertiary/aromatic N) is 4. The van der Waals surface area contributed by atoms with Crippen LogP contribution in [0, 0.1) is 6.92 Å². The minimum atomic E-state index is -4.63. The van der Waals surface area contributed by atoms with Crippen LogP contribution in [-0.2, 0) is 15.8 Å². The highest BCUT2D eigenvalue weighted by Crippen LogP contribution is 2.30. The Hall–Kier alpha value is -2.19. The molecular formula is C11H11F3N4O2. The molecule has 20 heavy (non-hydrogen) atoms. The van der Waals surface area contributed by atoms with Crippen molar-refractivity contribution in [1.82, 2.24) is 14.8 Å². The topological polar surface area (TPSA) is 67.6 Å². The maximum atomic E-state index is 12.6. The summed E-state index contributed by atoms with van der Waals surface area (Å²) in [6.07, 6.45) is -4.63. The fourth-order valence-corrected chi connectivity index (χ4v) is 1.91.